The van der Waals surface area contributed by atoms with Crippen LogP contribution < -0.4 is 0 Å². The number of ether oxygens (including phenoxy) is 3. The molecule has 0 saturated heterocycles. The Kier molecular flexibility index (Phi) is 41.3. The maximum Gasteiger partial charge on any atom is 0.306 e. The topological polar surface area (TPSA) is 78.9 Å². The molecule has 0 spiro atoms. The molecule has 0 N–H and O–H groups in total. The van der Waals surface area contributed by atoms with E-state index in [0.717, 1.165) is 75.5 Å². The van der Waals surface area contributed by atoms with E-state index in [1.807, 2.05) is 0 Å². The second kappa shape index (κ2) is 42.5. The van der Waals surface area contributed by atoms with Crippen molar-refractivity contribution >= 4 is 17.9 Å². The normalized spacial score (nSPS) is 12.2. The third-order valence-electron chi connectivity index (χ3n) is 11.4. The van der Waals surface area contributed by atoms with E-state index < -0.39 is 6.10 Å². The average Bonchev–Trinajstić information content (AvgIpc) is 3.16. The molecule has 0 aromatic rings. The van der Waals surface area contributed by atoms with Crippen molar-refractivity contribution in [2.24, 2.45) is 17.8 Å². The average molecular weight is 807 g/mol. The molecule has 0 rings (SSSR count). The summed E-state index contributed by atoms with van der Waals surface area (Å²) in [6.45, 7) is 13.7. The molecule has 6 nitrogen and oxygen atoms in total. The molecule has 0 heterocycles. The van der Waals surface area contributed by atoms with E-state index in [9.17, 15) is 14.4 Å². The molecule has 0 saturated carbocycles. The predicted octanol–water partition coefficient (Wildman–Crippen LogP) is 16.0. The van der Waals surface area contributed by atoms with Gasteiger partial charge < -0.3 is 14.2 Å². The van der Waals surface area contributed by atoms with Gasteiger partial charge in [0.05, 0.1) is 0 Å². The molecule has 0 unspecified atom stereocenters. The van der Waals surface area contributed by atoms with Gasteiger partial charge in [-0.2, -0.15) is 0 Å². The van der Waals surface area contributed by atoms with Gasteiger partial charge in [0.1, 0.15) is 13.2 Å². The summed E-state index contributed by atoms with van der Waals surface area (Å²) in [6, 6.07) is 0. The van der Waals surface area contributed by atoms with Gasteiger partial charge in [-0.3, -0.25) is 14.4 Å². The number of esters is 3. The van der Waals surface area contributed by atoms with Crippen LogP contribution in [0.25, 0.3) is 0 Å². The van der Waals surface area contributed by atoms with Crippen molar-refractivity contribution in [3.8, 4) is 0 Å². The monoisotopic (exact) mass is 807 g/mol. The van der Waals surface area contributed by atoms with Crippen LogP contribution >= 0.6 is 0 Å². The lowest BCUT2D eigenvalue weighted by atomic mass is 10.0. The summed E-state index contributed by atoms with van der Waals surface area (Å²) in [5, 5.41) is 0. The van der Waals surface area contributed by atoms with Gasteiger partial charge >= 0.3 is 17.9 Å². The minimum atomic E-state index is -0.762. The first kappa shape index (κ1) is 55.4. The largest absolute Gasteiger partial charge is 0.462 e. The summed E-state index contributed by atoms with van der Waals surface area (Å²) in [6.07, 6.45) is 40.9. The molecule has 338 valence electrons. The van der Waals surface area contributed by atoms with E-state index >= 15 is 0 Å². The van der Waals surface area contributed by atoms with Gasteiger partial charge in [-0.15, -0.1) is 0 Å². The van der Waals surface area contributed by atoms with Crippen LogP contribution in [0.4, 0.5) is 0 Å². The van der Waals surface area contributed by atoms with Gasteiger partial charge in [0.15, 0.2) is 6.10 Å². The molecule has 0 radical (unpaired) electrons. The number of carbonyl (C=O) groups excluding carboxylic acids is 3. The van der Waals surface area contributed by atoms with Crippen molar-refractivity contribution in [2.45, 2.75) is 279 Å². The van der Waals surface area contributed by atoms with Crippen LogP contribution in [0, 0.1) is 17.8 Å². The molecule has 1 atom stereocenters. The fraction of sp³-hybridized carbons (Fsp3) is 0.941. The first-order valence-corrected chi connectivity index (χ1v) is 25.1. The van der Waals surface area contributed by atoms with Crippen LogP contribution in [0.1, 0.15) is 273 Å². The Hall–Kier alpha value is -1.59. The minimum Gasteiger partial charge on any atom is -0.462 e. The molecule has 57 heavy (non-hydrogen) atoms. The summed E-state index contributed by atoms with van der Waals surface area (Å²) in [7, 11) is 0. The van der Waals surface area contributed by atoms with Crippen molar-refractivity contribution in [2.75, 3.05) is 13.2 Å². The van der Waals surface area contributed by atoms with Crippen molar-refractivity contribution in [1.82, 2.24) is 0 Å². The summed E-state index contributed by atoms with van der Waals surface area (Å²) < 4.78 is 16.8. The second-order valence-corrected chi connectivity index (χ2v) is 18.9. The Morgan fingerprint density at radius 1 is 0.298 bits per heavy atom. The molecule has 0 bridgehead atoms. The highest BCUT2D eigenvalue weighted by Crippen LogP contribution is 2.17. The smallest absolute Gasteiger partial charge is 0.306 e. The highest BCUT2D eigenvalue weighted by Gasteiger charge is 2.19. The van der Waals surface area contributed by atoms with Crippen LogP contribution in [-0.4, -0.2) is 37.2 Å². The Morgan fingerprint density at radius 3 is 0.754 bits per heavy atom. The van der Waals surface area contributed by atoms with Crippen LogP contribution in [0.15, 0.2) is 0 Å². The van der Waals surface area contributed by atoms with Gasteiger partial charge in [-0.1, -0.05) is 234 Å². The first-order chi connectivity index (χ1) is 27.6. The standard InChI is InChI=1S/C51H98O6/c1-45(2)37-31-25-19-13-10-8-7-9-11-15-24-30-36-42-51(54)57-48(44-56-50(53)41-35-29-23-18-17-21-27-33-39-47(5)6)43-55-49(52)40-34-28-22-16-12-14-20-26-32-38-46(3)4/h45-48H,7-44H2,1-6H3/t48-/m0/s1. The molecule has 0 aliphatic heterocycles. The Morgan fingerprint density at radius 2 is 0.509 bits per heavy atom. The van der Waals surface area contributed by atoms with E-state index in [2.05, 4.69) is 41.5 Å². The van der Waals surface area contributed by atoms with E-state index in [1.54, 1.807) is 0 Å². The van der Waals surface area contributed by atoms with Gasteiger partial charge in [0, 0.05) is 19.3 Å². The molecular formula is C51H98O6. The molecule has 0 aliphatic rings. The number of carbonyl (C=O) groups is 3. The van der Waals surface area contributed by atoms with Crippen molar-refractivity contribution in [3.63, 3.8) is 0 Å². The van der Waals surface area contributed by atoms with E-state index in [1.165, 1.54) is 154 Å². The van der Waals surface area contributed by atoms with Crippen molar-refractivity contribution < 1.29 is 28.6 Å². The third-order valence-corrected chi connectivity index (χ3v) is 11.4. The summed E-state index contributed by atoms with van der Waals surface area (Å²) >= 11 is 0. The SMILES string of the molecule is CC(C)CCCCCCCCCCCCCCCC(=O)O[C@@H](COC(=O)CCCCCCCCCCCC(C)C)COC(=O)CCCCCCCCCCC(C)C. The number of rotatable bonds is 44. The quantitative estimate of drug-likeness (QED) is 0.0347. The van der Waals surface area contributed by atoms with Crippen LogP contribution in [0.2, 0.25) is 0 Å². The van der Waals surface area contributed by atoms with Crippen LogP contribution in [0.5, 0.6) is 0 Å². The van der Waals surface area contributed by atoms with Crippen LogP contribution in [0.3, 0.4) is 0 Å². The highest BCUT2D eigenvalue weighted by atomic mass is 16.6. The zero-order chi connectivity index (χ0) is 42.0. The number of unbranched alkanes of at least 4 members (excludes halogenated alkanes) is 27. The molecule has 0 aromatic carbocycles. The van der Waals surface area contributed by atoms with Gasteiger partial charge in [-0.05, 0) is 37.0 Å². The van der Waals surface area contributed by atoms with Gasteiger partial charge in [0.2, 0.25) is 0 Å². The fourth-order valence-electron chi connectivity index (χ4n) is 7.59. The fourth-order valence-corrected chi connectivity index (χ4v) is 7.59. The zero-order valence-electron chi connectivity index (χ0n) is 39.1. The Bertz CT molecular complexity index is 883. The minimum absolute atomic E-state index is 0.0655. The molecule has 0 fully saturated rings. The highest BCUT2D eigenvalue weighted by molar-refractivity contribution is 5.71. The van der Waals surface area contributed by atoms with Crippen LogP contribution in [-0.2, 0) is 28.6 Å². The Balaban J connectivity index is 4.32. The van der Waals surface area contributed by atoms with Gasteiger partial charge in [-0.25, -0.2) is 0 Å². The molecule has 0 aromatic heterocycles. The second-order valence-electron chi connectivity index (χ2n) is 18.9. The summed E-state index contributed by atoms with van der Waals surface area (Å²) in [4.78, 5) is 37.9. The van der Waals surface area contributed by atoms with Crippen molar-refractivity contribution in [3.05, 3.63) is 0 Å². The lowest BCUT2D eigenvalue weighted by Crippen LogP contribution is -2.30. The number of hydrogen-bond donors (Lipinski definition) is 0. The summed E-state index contributed by atoms with van der Waals surface area (Å²) in [5.41, 5.74) is 0. The maximum absolute atomic E-state index is 12.8. The first-order valence-electron chi connectivity index (χ1n) is 25.1. The third kappa shape index (κ3) is 45.3. The zero-order valence-corrected chi connectivity index (χ0v) is 39.1. The van der Waals surface area contributed by atoms with E-state index in [4.69, 9.17) is 14.2 Å². The number of hydrogen-bond acceptors (Lipinski definition) is 6. The Labute approximate surface area is 355 Å². The molecule has 0 amide bonds. The van der Waals surface area contributed by atoms with Gasteiger partial charge in [0.25, 0.3) is 0 Å². The maximum atomic E-state index is 12.8. The predicted molar refractivity (Wildman–Crippen MR) is 243 cm³/mol. The molecular weight excluding hydrogens is 709 g/mol. The van der Waals surface area contributed by atoms with E-state index in [-0.39, 0.29) is 31.1 Å². The lowest BCUT2D eigenvalue weighted by Gasteiger charge is -2.18. The molecule has 0 aliphatic carbocycles. The molecule has 6 heteroatoms. The summed E-state index contributed by atoms with van der Waals surface area (Å²) in [5.74, 6) is 1.59. The van der Waals surface area contributed by atoms with Crippen molar-refractivity contribution in [1.29, 1.82) is 0 Å². The lowest BCUT2D eigenvalue weighted by molar-refractivity contribution is -0.167. The van der Waals surface area contributed by atoms with E-state index in [0.29, 0.717) is 19.3 Å².